The first kappa shape index (κ1) is 13.1. The van der Waals surface area contributed by atoms with E-state index in [2.05, 4.69) is 21.2 Å². The van der Waals surface area contributed by atoms with Gasteiger partial charge in [0.25, 0.3) is 0 Å². The summed E-state index contributed by atoms with van der Waals surface area (Å²) < 4.78 is 0. The maximum atomic E-state index is 9.59. The van der Waals surface area contributed by atoms with E-state index in [0.717, 1.165) is 18.9 Å². The lowest BCUT2D eigenvalue weighted by Crippen LogP contribution is -2.51. The standard InChI is InChI=1S/C16H26N4/c17-12-16(18-13-1-2-13)6-5-15(11-16)20-9-7-19(8-10-20)14-3-4-14/h13-15,18H,1-11H2. The van der Waals surface area contributed by atoms with Crippen molar-refractivity contribution in [2.75, 3.05) is 26.2 Å². The van der Waals surface area contributed by atoms with E-state index in [1.165, 1.54) is 58.3 Å². The molecule has 4 fully saturated rings. The number of hydrogen-bond acceptors (Lipinski definition) is 4. The molecule has 4 nitrogen and oxygen atoms in total. The Kier molecular flexibility index (Phi) is 3.25. The molecule has 4 aliphatic rings. The van der Waals surface area contributed by atoms with E-state index < -0.39 is 0 Å². The molecule has 4 rings (SSSR count). The molecule has 1 saturated heterocycles. The molecule has 0 aromatic carbocycles. The van der Waals surface area contributed by atoms with E-state index in [0.29, 0.717) is 12.1 Å². The highest BCUT2D eigenvalue weighted by molar-refractivity contribution is 5.15. The van der Waals surface area contributed by atoms with Crippen molar-refractivity contribution < 1.29 is 0 Å². The van der Waals surface area contributed by atoms with Gasteiger partial charge < -0.3 is 0 Å². The van der Waals surface area contributed by atoms with Crippen LogP contribution in [-0.2, 0) is 0 Å². The quantitative estimate of drug-likeness (QED) is 0.840. The highest BCUT2D eigenvalue weighted by Gasteiger charge is 2.45. The van der Waals surface area contributed by atoms with Gasteiger partial charge in [0.15, 0.2) is 0 Å². The van der Waals surface area contributed by atoms with Gasteiger partial charge in [-0.25, -0.2) is 0 Å². The van der Waals surface area contributed by atoms with Gasteiger partial charge in [0.2, 0.25) is 0 Å². The third kappa shape index (κ3) is 2.59. The Labute approximate surface area is 122 Å². The molecule has 0 bridgehead atoms. The van der Waals surface area contributed by atoms with E-state index in [1.807, 2.05) is 0 Å². The van der Waals surface area contributed by atoms with Gasteiger partial charge >= 0.3 is 0 Å². The summed E-state index contributed by atoms with van der Waals surface area (Å²) in [5.74, 6) is 0. The van der Waals surface area contributed by atoms with Crippen LogP contribution in [0.3, 0.4) is 0 Å². The van der Waals surface area contributed by atoms with E-state index in [1.54, 1.807) is 0 Å². The van der Waals surface area contributed by atoms with Crippen LogP contribution in [0.25, 0.3) is 0 Å². The average Bonchev–Trinajstić information content (AvgIpc) is 3.39. The molecule has 1 heterocycles. The van der Waals surface area contributed by atoms with Gasteiger partial charge in [0, 0.05) is 44.3 Å². The third-order valence-electron chi connectivity index (χ3n) is 5.69. The zero-order valence-electron chi connectivity index (χ0n) is 12.4. The zero-order chi connectivity index (χ0) is 13.6. The fourth-order valence-electron chi connectivity index (χ4n) is 4.12. The van der Waals surface area contributed by atoms with Crippen molar-refractivity contribution in [2.24, 2.45) is 0 Å². The third-order valence-corrected chi connectivity index (χ3v) is 5.69. The maximum absolute atomic E-state index is 9.59. The number of nitrogens with one attached hydrogen (secondary N) is 1. The molecule has 0 radical (unpaired) electrons. The van der Waals surface area contributed by atoms with Gasteiger partial charge in [-0.3, -0.25) is 15.1 Å². The molecule has 1 aliphatic heterocycles. The normalized spacial score (nSPS) is 39.9. The SMILES string of the molecule is N#CC1(NC2CC2)CCC(N2CCN(C3CC3)CC2)C1. The molecular formula is C16H26N4. The monoisotopic (exact) mass is 274 g/mol. The molecule has 110 valence electrons. The molecule has 20 heavy (non-hydrogen) atoms. The minimum absolute atomic E-state index is 0.209. The van der Waals surface area contributed by atoms with Crippen LogP contribution < -0.4 is 5.32 Å². The van der Waals surface area contributed by atoms with Crippen molar-refractivity contribution in [3.63, 3.8) is 0 Å². The van der Waals surface area contributed by atoms with Crippen LogP contribution >= 0.6 is 0 Å². The number of hydrogen-bond donors (Lipinski definition) is 1. The van der Waals surface area contributed by atoms with Crippen LogP contribution in [0.5, 0.6) is 0 Å². The molecule has 2 atom stereocenters. The van der Waals surface area contributed by atoms with Crippen molar-refractivity contribution in [3.8, 4) is 6.07 Å². The van der Waals surface area contributed by atoms with E-state index in [4.69, 9.17) is 0 Å². The molecule has 0 aromatic rings. The largest absolute Gasteiger partial charge is 0.298 e. The zero-order valence-corrected chi connectivity index (χ0v) is 12.4. The van der Waals surface area contributed by atoms with Gasteiger partial charge in [-0.1, -0.05) is 0 Å². The summed E-state index contributed by atoms with van der Waals surface area (Å²) >= 11 is 0. The number of nitriles is 1. The van der Waals surface area contributed by atoms with Crippen LogP contribution in [0.15, 0.2) is 0 Å². The Bertz CT molecular complexity index is 401. The summed E-state index contributed by atoms with van der Waals surface area (Å²) in [7, 11) is 0. The van der Waals surface area contributed by atoms with E-state index in [9.17, 15) is 5.26 Å². The maximum Gasteiger partial charge on any atom is 0.108 e. The van der Waals surface area contributed by atoms with Crippen LogP contribution in [0, 0.1) is 11.3 Å². The molecular weight excluding hydrogens is 248 g/mol. The van der Waals surface area contributed by atoms with Gasteiger partial charge in [-0.15, -0.1) is 0 Å². The van der Waals surface area contributed by atoms with Crippen LogP contribution in [0.2, 0.25) is 0 Å². The lowest BCUT2D eigenvalue weighted by Gasteiger charge is -2.38. The molecule has 1 N–H and O–H groups in total. The number of piperazine rings is 1. The number of nitrogens with zero attached hydrogens (tertiary/aromatic N) is 3. The summed E-state index contributed by atoms with van der Waals surface area (Å²) in [6, 6.07) is 4.80. The molecule has 4 heteroatoms. The minimum Gasteiger partial charge on any atom is -0.298 e. The van der Waals surface area contributed by atoms with Crippen molar-refractivity contribution in [2.45, 2.75) is 68.6 Å². The Hall–Kier alpha value is -0.630. The second-order valence-electron chi connectivity index (χ2n) is 7.31. The fourth-order valence-corrected chi connectivity index (χ4v) is 4.12. The predicted molar refractivity (Wildman–Crippen MR) is 78.3 cm³/mol. The van der Waals surface area contributed by atoms with Crippen LogP contribution in [-0.4, -0.2) is 59.6 Å². The summed E-state index contributed by atoms with van der Waals surface area (Å²) in [4.78, 5) is 5.33. The predicted octanol–water partition coefficient (Wildman–Crippen LogP) is 1.33. The first-order valence-electron chi connectivity index (χ1n) is 8.45. The molecule has 0 aromatic heterocycles. The lowest BCUT2D eigenvalue weighted by atomic mass is 9.99. The minimum atomic E-state index is -0.209. The first-order valence-corrected chi connectivity index (χ1v) is 8.45. The summed E-state index contributed by atoms with van der Waals surface area (Å²) in [5, 5.41) is 13.2. The Balaban J connectivity index is 1.32. The first-order chi connectivity index (χ1) is 9.78. The van der Waals surface area contributed by atoms with Crippen LogP contribution in [0.1, 0.15) is 44.9 Å². The lowest BCUT2D eigenvalue weighted by molar-refractivity contribution is 0.0911. The van der Waals surface area contributed by atoms with Crippen molar-refractivity contribution in [1.29, 1.82) is 5.26 Å². The highest BCUT2D eigenvalue weighted by Crippen LogP contribution is 2.37. The molecule has 0 spiro atoms. The summed E-state index contributed by atoms with van der Waals surface area (Å²) in [5.41, 5.74) is -0.209. The second kappa shape index (κ2) is 4.98. The molecule has 3 saturated carbocycles. The van der Waals surface area contributed by atoms with E-state index >= 15 is 0 Å². The van der Waals surface area contributed by atoms with Gasteiger partial charge in [-0.05, 0) is 44.9 Å². The fraction of sp³-hybridized carbons (Fsp3) is 0.938. The second-order valence-corrected chi connectivity index (χ2v) is 7.31. The molecule has 0 amide bonds. The summed E-state index contributed by atoms with van der Waals surface area (Å²) in [6.45, 7) is 4.92. The van der Waals surface area contributed by atoms with Crippen molar-refractivity contribution in [3.05, 3.63) is 0 Å². The van der Waals surface area contributed by atoms with Gasteiger partial charge in [-0.2, -0.15) is 5.26 Å². The smallest absolute Gasteiger partial charge is 0.108 e. The average molecular weight is 274 g/mol. The van der Waals surface area contributed by atoms with E-state index in [-0.39, 0.29) is 5.54 Å². The topological polar surface area (TPSA) is 42.3 Å². The van der Waals surface area contributed by atoms with Crippen molar-refractivity contribution >= 4 is 0 Å². The highest BCUT2D eigenvalue weighted by atomic mass is 15.3. The van der Waals surface area contributed by atoms with Gasteiger partial charge in [0.05, 0.1) is 6.07 Å². The number of rotatable bonds is 4. The Morgan fingerprint density at radius 3 is 2.10 bits per heavy atom. The molecule has 2 unspecified atom stereocenters. The van der Waals surface area contributed by atoms with Gasteiger partial charge in [0.1, 0.15) is 5.54 Å². The summed E-state index contributed by atoms with van der Waals surface area (Å²) in [6.07, 6.45) is 8.69. The Morgan fingerprint density at radius 2 is 1.55 bits per heavy atom. The van der Waals surface area contributed by atoms with Crippen LogP contribution in [0.4, 0.5) is 0 Å². The Morgan fingerprint density at radius 1 is 0.900 bits per heavy atom. The molecule has 3 aliphatic carbocycles. The van der Waals surface area contributed by atoms with Crippen molar-refractivity contribution in [1.82, 2.24) is 15.1 Å².